The number of anilines is 2. The van der Waals surface area contributed by atoms with Crippen molar-refractivity contribution in [2.45, 2.75) is 25.2 Å². The van der Waals surface area contributed by atoms with Crippen LogP contribution >= 0.6 is 23.1 Å². The van der Waals surface area contributed by atoms with Crippen LogP contribution in [0.25, 0.3) is 21.1 Å². The minimum atomic E-state index is 0.916. The van der Waals surface area contributed by atoms with Crippen molar-refractivity contribution in [2.24, 2.45) is 0 Å². The molecular formula is C23H20N4OS2. The van der Waals surface area contributed by atoms with Gasteiger partial charge in [-0.2, -0.15) is 0 Å². The molecule has 150 valence electrons. The van der Waals surface area contributed by atoms with Gasteiger partial charge in [0.25, 0.3) is 0 Å². The molecule has 0 unspecified atom stereocenters. The van der Waals surface area contributed by atoms with Crippen LogP contribution in [0.5, 0.6) is 0 Å². The molecule has 5 aromatic rings. The van der Waals surface area contributed by atoms with E-state index in [9.17, 15) is 0 Å². The number of aryl methyl sites for hydroxylation is 2. The van der Waals surface area contributed by atoms with E-state index in [0.29, 0.717) is 0 Å². The Labute approximate surface area is 182 Å². The molecule has 0 aliphatic rings. The van der Waals surface area contributed by atoms with Crippen molar-refractivity contribution in [1.29, 1.82) is 0 Å². The molecule has 0 fully saturated rings. The van der Waals surface area contributed by atoms with Gasteiger partial charge in [0.1, 0.15) is 5.76 Å². The standard InChI is InChI=1S/C23H20N4OS2/c1-14-18(15(2)28-27-14)8-10-29-17-4-5-20-19(12-17)21(7-9-24-20)26-16-3-6-23-22(11-16)25-13-30-23/h3-7,9,11-13H,8,10H2,1-2H3,(H,24,26). The number of benzene rings is 2. The predicted molar refractivity (Wildman–Crippen MR) is 125 cm³/mol. The lowest BCUT2D eigenvalue weighted by atomic mass is 10.1. The summed E-state index contributed by atoms with van der Waals surface area (Å²) in [5.41, 5.74) is 8.13. The number of hydrogen-bond donors (Lipinski definition) is 1. The second-order valence-corrected chi connectivity index (χ2v) is 9.15. The number of thiazole rings is 1. The fourth-order valence-corrected chi connectivity index (χ4v) is 5.11. The van der Waals surface area contributed by atoms with E-state index < -0.39 is 0 Å². The summed E-state index contributed by atoms with van der Waals surface area (Å²) in [6.45, 7) is 3.97. The highest BCUT2D eigenvalue weighted by Gasteiger charge is 2.10. The Hall–Kier alpha value is -2.90. The Kier molecular flexibility index (Phi) is 5.14. The molecule has 3 aromatic heterocycles. The van der Waals surface area contributed by atoms with Gasteiger partial charge in [-0.05, 0) is 62.7 Å². The SMILES string of the molecule is Cc1noc(C)c1CCSc1ccc2nccc(Nc3ccc4scnc4c3)c2c1. The Balaban J connectivity index is 1.37. The number of nitrogens with one attached hydrogen (secondary N) is 1. The molecular weight excluding hydrogens is 412 g/mol. The number of nitrogens with zero attached hydrogens (tertiary/aromatic N) is 3. The lowest BCUT2D eigenvalue weighted by molar-refractivity contribution is 0.392. The normalized spacial score (nSPS) is 11.4. The van der Waals surface area contributed by atoms with Crippen LogP contribution in [0.2, 0.25) is 0 Å². The van der Waals surface area contributed by atoms with Crippen LogP contribution in [0.1, 0.15) is 17.0 Å². The highest BCUT2D eigenvalue weighted by molar-refractivity contribution is 7.99. The molecule has 0 aliphatic carbocycles. The molecule has 5 nitrogen and oxygen atoms in total. The highest BCUT2D eigenvalue weighted by atomic mass is 32.2. The van der Waals surface area contributed by atoms with Gasteiger partial charge in [-0.3, -0.25) is 4.98 Å². The molecule has 7 heteroatoms. The van der Waals surface area contributed by atoms with Crippen molar-refractivity contribution in [3.05, 3.63) is 71.2 Å². The summed E-state index contributed by atoms with van der Waals surface area (Å²) >= 11 is 3.49. The van der Waals surface area contributed by atoms with E-state index >= 15 is 0 Å². The minimum absolute atomic E-state index is 0.916. The molecule has 0 atom stereocenters. The lowest BCUT2D eigenvalue weighted by Gasteiger charge is -2.11. The summed E-state index contributed by atoms with van der Waals surface area (Å²) in [5.74, 6) is 1.89. The van der Waals surface area contributed by atoms with E-state index in [2.05, 4.69) is 56.8 Å². The molecule has 0 saturated heterocycles. The van der Waals surface area contributed by atoms with Crippen molar-refractivity contribution in [2.75, 3.05) is 11.1 Å². The van der Waals surface area contributed by atoms with E-state index in [-0.39, 0.29) is 0 Å². The molecule has 0 aliphatic heterocycles. The maximum absolute atomic E-state index is 5.27. The van der Waals surface area contributed by atoms with Crippen molar-refractivity contribution in [1.82, 2.24) is 15.1 Å². The molecule has 0 radical (unpaired) electrons. The van der Waals surface area contributed by atoms with Crippen LogP contribution in [-0.2, 0) is 6.42 Å². The molecule has 0 amide bonds. The van der Waals surface area contributed by atoms with Gasteiger partial charge in [-0.15, -0.1) is 23.1 Å². The monoisotopic (exact) mass is 432 g/mol. The molecule has 0 saturated carbocycles. The first kappa shape index (κ1) is 19.1. The summed E-state index contributed by atoms with van der Waals surface area (Å²) in [5, 5.41) is 8.70. The van der Waals surface area contributed by atoms with E-state index in [1.165, 1.54) is 15.2 Å². The fraction of sp³-hybridized carbons (Fsp3) is 0.174. The maximum atomic E-state index is 5.27. The average molecular weight is 433 g/mol. The predicted octanol–water partition coefficient (Wildman–Crippen LogP) is 6.53. The van der Waals surface area contributed by atoms with Crippen LogP contribution in [-0.4, -0.2) is 20.9 Å². The summed E-state index contributed by atoms with van der Waals surface area (Å²) in [6.07, 6.45) is 2.78. The first-order valence-electron chi connectivity index (χ1n) is 9.71. The topological polar surface area (TPSA) is 63.8 Å². The van der Waals surface area contributed by atoms with E-state index in [1.807, 2.05) is 43.4 Å². The minimum Gasteiger partial charge on any atom is -0.361 e. The van der Waals surface area contributed by atoms with Crippen molar-refractivity contribution in [3.8, 4) is 0 Å². The number of fused-ring (bicyclic) bond motifs is 2. The third kappa shape index (κ3) is 3.78. The van der Waals surface area contributed by atoms with Gasteiger partial charge < -0.3 is 9.84 Å². The third-order valence-electron chi connectivity index (χ3n) is 5.12. The smallest absolute Gasteiger partial charge is 0.137 e. The quantitative estimate of drug-likeness (QED) is 0.308. The molecule has 0 spiro atoms. The van der Waals surface area contributed by atoms with Crippen molar-refractivity contribution in [3.63, 3.8) is 0 Å². The summed E-state index contributed by atoms with van der Waals surface area (Å²) in [4.78, 5) is 10.2. The average Bonchev–Trinajstić information content (AvgIpc) is 3.35. The Morgan fingerprint density at radius 3 is 2.83 bits per heavy atom. The zero-order valence-electron chi connectivity index (χ0n) is 16.7. The van der Waals surface area contributed by atoms with Gasteiger partial charge in [-0.25, -0.2) is 4.98 Å². The van der Waals surface area contributed by atoms with Gasteiger partial charge in [0.2, 0.25) is 0 Å². The van der Waals surface area contributed by atoms with E-state index in [4.69, 9.17) is 4.52 Å². The van der Waals surface area contributed by atoms with Crippen LogP contribution in [0.4, 0.5) is 11.4 Å². The third-order valence-corrected chi connectivity index (χ3v) is 6.93. The van der Waals surface area contributed by atoms with E-state index in [0.717, 1.165) is 51.4 Å². The molecule has 30 heavy (non-hydrogen) atoms. The van der Waals surface area contributed by atoms with Crippen molar-refractivity contribution < 1.29 is 4.52 Å². The van der Waals surface area contributed by atoms with Gasteiger partial charge in [0, 0.05) is 39.2 Å². The number of rotatable bonds is 6. The van der Waals surface area contributed by atoms with Gasteiger partial charge in [0.05, 0.1) is 26.9 Å². The fourth-order valence-electron chi connectivity index (χ4n) is 3.54. The van der Waals surface area contributed by atoms with Crippen LogP contribution in [0, 0.1) is 13.8 Å². The number of aromatic nitrogens is 3. The summed E-state index contributed by atoms with van der Waals surface area (Å²) < 4.78 is 6.46. The van der Waals surface area contributed by atoms with Gasteiger partial charge in [-0.1, -0.05) is 5.16 Å². The van der Waals surface area contributed by atoms with Crippen LogP contribution < -0.4 is 5.32 Å². The lowest BCUT2D eigenvalue weighted by Crippen LogP contribution is -1.94. The summed E-state index contributed by atoms with van der Waals surface area (Å²) in [6, 6.07) is 14.7. The maximum Gasteiger partial charge on any atom is 0.137 e. The first-order valence-corrected chi connectivity index (χ1v) is 11.6. The summed E-state index contributed by atoms with van der Waals surface area (Å²) in [7, 11) is 0. The largest absolute Gasteiger partial charge is 0.361 e. The molecule has 3 heterocycles. The Bertz CT molecular complexity index is 1320. The zero-order chi connectivity index (χ0) is 20.5. The highest BCUT2D eigenvalue weighted by Crippen LogP contribution is 2.31. The van der Waals surface area contributed by atoms with Crippen molar-refractivity contribution >= 4 is 55.6 Å². The Morgan fingerprint density at radius 2 is 1.97 bits per heavy atom. The van der Waals surface area contributed by atoms with E-state index in [1.54, 1.807) is 11.3 Å². The number of hydrogen-bond acceptors (Lipinski definition) is 7. The Morgan fingerprint density at radius 1 is 1.03 bits per heavy atom. The number of thioether (sulfide) groups is 1. The number of pyridine rings is 1. The second kappa shape index (κ2) is 8.08. The molecule has 0 bridgehead atoms. The molecule has 5 rings (SSSR count). The second-order valence-electron chi connectivity index (χ2n) is 7.10. The zero-order valence-corrected chi connectivity index (χ0v) is 18.3. The molecule has 1 N–H and O–H groups in total. The van der Waals surface area contributed by atoms with Gasteiger partial charge >= 0.3 is 0 Å². The van der Waals surface area contributed by atoms with Crippen LogP contribution in [0.15, 0.2) is 63.6 Å². The van der Waals surface area contributed by atoms with Gasteiger partial charge in [0.15, 0.2) is 0 Å². The first-order chi connectivity index (χ1) is 14.7. The molecule has 2 aromatic carbocycles. The van der Waals surface area contributed by atoms with Crippen LogP contribution in [0.3, 0.4) is 0 Å².